The third-order valence-corrected chi connectivity index (χ3v) is 6.51. The van der Waals surface area contributed by atoms with Crippen LogP contribution in [0.5, 0.6) is 0 Å². The maximum Gasteiger partial charge on any atom is 0.261 e. The van der Waals surface area contributed by atoms with Crippen LogP contribution in [0, 0.1) is 12.7 Å². The van der Waals surface area contributed by atoms with Crippen molar-refractivity contribution in [3.05, 3.63) is 53.8 Å². The highest BCUT2D eigenvalue weighted by Gasteiger charge is 2.36. The fraction of sp³-hybridized carbons (Fsp3) is 0.316. The first kappa shape index (κ1) is 18.7. The predicted molar refractivity (Wildman–Crippen MR) is 104 cm³/mol. The Hall–Kier alpha value is -2.65. The molecule has 2 N–H and O–H groups in total. The Morgan fingerprint density at radius 2 is 1.75 bits per heavy atom. The second-order valence-corrected chi connectivity index (χ2v) is 8.67. The molecule has 0 aromatic heterocycles. The van der Waals surface area contributed by atoms with Crippen molar-refractivity contribution < 1.29 is 17.6 Å². The van der Waals surface area contributed by atoms with Crippen molar-refractivity contribution in [2.24, 2.45) is 0 Å². The molecule has 0 bridgehead atoms. The van der Waals surface area contributed by atoms with E-state index < -0.39 is 16.2 Å². The van der Waals surface area contributed by atoms with Gasteiger partial charge in [-0.25, -0.2) is 12.8 Å². The highest BCUT2D eigenvalue weighted by Crippen LogP contribution is 2.27. The summed E-state index contributed by atoms with van der Waals surface area (Å²) in [5.74, 6) is -0.599. The van der Waals surface area contributed by atoms with Gasteiger partial charge in [0.1, 0.15) is 10.7 Å². The molecule has 2 aliphatic heterocycles. The molecule has 1 fully saturated rings. The lowest BCUT2D eigenvalue weighted by Crippen LogP contribution is -2.58. The van der Waals surface area contributed by atoms with Gasteiger partial charge in [0.05, 0.1) is 5.69 Å². The van der Waals surface area contributed by atoms with Crippen LogP contribution in [0.1, 0.15) is 5.56 Å². The maximum absolute atomic E-state index is 13.1. The molecule has 2 aliphatic rings. The van der Waals surface area contributed by atoms with E-state index in [2.05, 4.69) is 14.9 Å². The molecule has 4 rings (SSSR count). The number of carbonyl (C=O) groups is 1. The number of nitrogens with one attached hydrogen (secondary N) is 2. The second-order valence-electron chi connectivity index (χ2n) is 6.99. The summed E-state index contributed by atoms with van der Waals surface area (Å²) >= 11 is 0. The van der Waals surface area contributed by atoms with Crippen LogP contribution in [0.4, 0.5) is 15.8 Å². The average molecular weight is 404 g/mol. The topological polar surface area (TPSA) is 81.8 Å². The van der Waals surface area contributed by atoms with Gasteiger partial charge in [-0.05, 0) is 48.9 Å². The van der Waals surface area contributed by atoms with Crippen molar-refractivity contribution >= 4 is 27.3 Å². The Morgan fingerprint density at radius 1 is 1.07 bits per heavy atom. The molecule has 28 heavy (non-hydrogen) atoms. The molecule has 2 aromatic rings. The number of amides is 1. The summed E-state index contributed by atoms with van der Waals surface area (Å²) in [5, 5.41) is 3.00. The van der Waals surface area contributed by atoms with Gasteiger partial charge in [0, 0.05) is 31.9 Å². The molecule has 0 radical (unpaired) electrons. The number of nitrogens with zero attached hydrogens (tertiary/aromatic N) is 2. The Balaban J connectivity index is 1.45. The number of halogens is 1. The molecule has 0 spiro atoms. The van der Waals surface area contributed by atoms with Crippen LogP contribution < -0.4 is 14.9 Å². The van der Waals surface area contributed by atoms with E-state index in [4.69, 9.17) is 0 Å². The van der Waals surface area contributed by atoms with Crippen molar-refractivity contribution in [2.45, 2.75) is 18.0 Å². The lowest BCUT2D eigenvalue weighted by molar-refractivity contribution is -0.132. The van der Waals surface area contributed by atoms with Crippen LogP contribution in [-0.2, 0) is 14.8 Å². The van der Waals surface area contributed by atoms with Crippen LogP contribution in [0.2, 0.25) is 0 Å². The molecular formula is C19H21FN4O3S. The first-order chi connectivity index (χ1) is 13.3. The number of anilines is 2. The van der Waals surface area contributed by atoms with Gasteiger partial charge in [-0.3, -0.25) is 4.79 Å². The number of hydrogen-bond acceptors (Lipinski definition) is 5. The normalized spacial score (nSPS) is 21.0. The molecule has 1 atom stereocenters. The van der Waals surface area contributed by atoms with E-state index in [9.17, 15) is 17.6 Å². The Kier molecular flexibility index (Phi) is 4.72. The number of benzene rings is 2. The SMILES string of the molecule is Cc1ccc2c(c1)N[C@@H](C(=O)N1CCN(c3ccc(F)cc3)CC1)NS2(=O)=O. The van der Waals surface area contributed by atoms with Gasteiger partial charge in [0.15, 0.2) is 6.17 Å². The number of fused-ring (bicyclic) bond motifs is 1. The molecule has 0 saturated carbocycles. The Labute approximate surface area is 163 Å². The fourth-order valence-electron chi connectivity index (χ4n) is 3.53. The second kappa shape index (κ2) is 7.06. The lowest BCUT2D eigenvalue weighted by atomic mass is 10.2. The minimum absolute atomic E-state index is 0.142. The van der Waals surface area contributed by atoms with E-state index in [1.54, 1.807) is 29.2 Å². The minimum atomic E-state index is -3.76. The zero-order valence-electron chi connectivity index (χ0n) is 15.4. The highest BCUT2D eigenvalue weighted by molar-refractivity contribution is 7.89. The summed E-state index contributed by atoms with van der Waals surface area (Å²) in [6.45, 7) is 3.95. The van der Waals surface area contributed by atoms with E-state index in [0.717, 1.165) is 11.3 Å². The third-order valence-electron chi connectivity index (χ3n) is 5.03. The number of piperazine rings is 1. The largest absolute Gasteiger partial charge is 0.368 e. The van der Waals surface area contributed by atoms with Gasteiger partial charge in [-0.2, -0.15) is 4.72 Å². The van der Waals surface area contributed by atoms with Gasteiger partial charge in [-0.15, -0.1) is 0 Å². The number of sulfonamides is 1. The van der Waals surface area contributed by atoms with Crippen LogP contribution in [0.25, 0.3) is 0 Å². The van der Waals surface area contributed by atoms with Crippen molar-refractivity contribution in [2.75, 3.05) is 36.4 Å². The van der Waals surface area contributed by atoms with Gasteiger partial charge in [0.2, 0.25) is 10.0 Å². The van der Waals surface area contributed by atoms with Gasteiger partial charge in [0.25, 0.3) is 5.91 Å². The molecule has 9 heteroatoms. The summed E-state index contributed by atoms with van der Waals surface area (Å²) < 4.78 is 40.5. The van der Waals surface area contributed by atoms with E-state index in [1.807, 2.05) is 6.92 Å². The molecule has 1 amide bonds. The van der Waals surface area contributed by atoms with E-state index in [-0.39, 0.29) is 16.6 Å². The minimum Gasteiger partial charge on any atom is -0.368 e. The van der Waals surface area contributed by atoms with Gasteiger partial charge >= 0.3 is 0 Å². The van der Waals surface area contributed by atoms with Crippen molar-refractivity contribution in [1.29, 1.82) is 0 Å². The standard InChI is InChI=1S/C19H21FN4O3S/c1-13-2-7-17-16(12-13)21-18(22-28(17,26)27)19(25)24-10-8-23(9-11-24)15-5-3-14(20)4-6-15/h2-7,12,18,21-22H,8-11H2,1H3/t18-/m1/s1. The van der Waals surface area contributed by atoms with Gasteiger partial charge in [-0.1, -0.05) is 6.07 Å². The summed E-state index contributed by atoms with van der Waals surface area (Å²) in [6, 6.07) is 11.2. The highest BCUT2D eigenvalue weighted by atomic mass is 32.2. The first-order valence-corrected chi connectivity index (χ1v) is 10.5. The fourth-order valence-corrected chi connectivity index (χ4v) is 4.78. The third kappa shape index (κ3) is 3.55. The van der Waals surface area contributed by atoms with Gasteiger partial charge < -0.3 is 15.1 Å². The quantitative estimate of drug-likeness (QED) is 0.793. The number of carbonyl (C=O) groups excluding carboxylic acids is 1. The summed E-state index contributed by atoms with van der Waals surface area (Å²) in [5.41, 5.74) is 2.24. The summed E-state index contributed by atoms with van der Waals surface area (Å²) in [7, 11) is -3.76. The number of hydrogen-bond donors (Lipinski definition) is 2. The molecule has 1 saturated heterocycles. The zero-order valence-corrected chi connectivity index (χ0v) is 16.2. The number of rotatable bonds is 2. The van der Waals surface area contributed by atoms with E-state index in [1.165, 1.54) is 18.2 Å². The Bertz CT molecular complexity index is 1000. The van der Waals surface area contributed by atoms with Crippen molar-refractivity contribution in [1.82, 2.24) is 9.62 Å². The summed E-state index contributed by atoms with van der Waals surface area (Å²) in [6.07, 6.45) is -1.03. The molecule has 2 heterocycles. The van der Waals surface area contributed by atoms with Crippen LogP contribution in [0.15, 0.2) is 47.4 Å². The molecule has 0 unspecified atom stereocenters. The van der Waals surface area contributed by atoms with Crippen LogP contribution in [-0.4, -0.2) is 51.6 Å². The zero-order chi connectivity index (χ0) is 19.9. The van der Waals surface area contributed by atoms with Crippen molar-refractivity contribution in [3.8, 4) is 0 Å². The monoisotopic (exact) mass is 404 g/mol. The molecule has 7 nitrogen and oxygen atoms in total. The van der Waals surface area contributed by atoms with Crippen LogP contribution >= 0.6 is 0 Å². The first-order valence-electron chi connectivity index (χ1n) is 9.02. The smallest absolute Gasteiger partial charge is 0.261 e. The maximum atomic E-state index is 13.1. The summed E-state index contributed by atoms with van der Waals surface area (Å²) in [4.78, 5) is 16.7. The lowest BCUT2D eigenvalue weighted by Gasteiger charge is -2.38. The molecule has 148 valence electrons. The number of aryl methyl sites for hydroxylation is 1. The molecular weight excluding hydrogens is 383 g/mol. The average Bonchev–Trinajstić information content (AvgIpc) is 2.67. The van der Waals surface area contributed by atoms with Crippen LogP contribution in [0.3, 0.4) is 0 Å². The van der Waals surface area contributed by atoms with E-state index >= 15 is 0 Å². The Morgan fingerprint density at radius 3 is 2.43 bits per heavy atom. The van der Waals surface area contributed by atoms with E-state index in [0.29, 0.717) is 31.9 Å². The van der Waals surface area contributed by atoms with Crippen molar-refractivity contribution in [3.63, 3.8) is 0 Å². The molecule has 0 aliphatic carbocycles. The predicted octanol–water partition coefficient (Wildman–Crippen LogP) is 1.51. The molecule has 2 aromatic carbocycles.